The molecule has 3 aromatic rings. The third-order valence-electron chi connectivity index (χ3n) is 6.40. The normalized spacial score (nSPS) is 13.1. The van der Waals surface area contributed by atoms with Crippen molar-refractivity contribution < 1.29 is 15.0 Å². The lowest BCUT2D eigenvalue weighted by atomic mass is 9.78. The number of benzene rings is 3. The van der Waals surface area contributed by atoms with Crippen LogP contribution in [-0.4, -0.2) is 30.3 Å². The molecule has 3 rings (SSSR count). The Morgan fingerprint density at radius 1 is 0.861 bits per heavy atom. The minimum Gasteiger partial charge on any atom is -0.478 e. The van der Waals surface area contributed by atoms with Crippen LogP contribution < -0.4 is 4.90 Å². The predicted molar refractivity (Wildman–Crippen MR) is 151 cm³/mol. The minimum absolute atomic E-state index is 0.0751. The summed E-state index contributed by atoms with van der Waals surface area (Å²) in [6, 6.07) is 19.5. The zero-order valence-electron chi connectivity index (χ0n) is 22.8. The van der Waals surface area contributed by atoms with E-state index in [2.05, 4.69) is 82.8 Å². The van der Waals surface area contributed by atoms with E-state index in [0.29, 0.717) is 0 Å². The first kappa shape index (κ1) is 27.2. The number of carboxylic acids is 1. The Labute approximate surface area is 215 Å². The van der Waals surface area contributed by atoms with Crippen LogP contribution in [0.2, 0.25) is 0 Å². The highest BCUT2D eigenvalue weighted by Crippen LogP contribution is 2.42. The number of carboxylic acid groups (broad SMARTS) is 1. The smallest absolute Gasteiger partial charge is 0.335 e. The molecule has 4 heteroatoms. The first-order valence-electron chi connectivity index (χ1n) is 12.3. The van der Waals surface area contributed by atoms with E-state index in [1.54, 1.807) is 30.3 Å². The van der Waals surface area contributed by atoms with Crippen molar-refractivity contribution in [1.82, 2.24) is 0 Å². The minimum atomic E-state index is -0.955. The molecule has 1 unspecified atom stereocenters. The van der Waals surface area contributed by atoms with Gasteiger partial charge >= 0.3 is 5.97 Å². The molecule has 0 saturated heterocycles. The fraction of sp³-hybridized carbons (Fsp3) is 0.344. The molecule has 0 radical (unpaired) electrons. The summed E-state index contributed by atoms with van der Waals surface area (Å²) in [7, 11) is 4.07. The Morgan fingerprint density at radius 2 is 1.44 bits per heavy atom. The van der Waals surface area contributed by atoms with Crippen molar-refractivity contribution >= 4 is 17.7 Å². The molecule has 0 aromatic heterocycles. The van der Waals surface area contributed by atoms with Crippen molar-refractivity contribution in [3.05, 3.63) is 94.6 Å². The predicted octanol–water partition coefficient (Wildman–Crippen LogP) is 7.46. The van der Waals surface area contributed by atoms with Crippen LogP contribution in [0.3, 0.4) is 0 Å². The molecule has 190 valence electrons. The van der Waals surface area contributed by atoms with Crippen LogP contribution in [0.15, 0.2) is 66.7 Å². The highest BCUT2D eigenvalue weighted by Gasteiger charge is 2.26. The van der Waals surface area contributed by atoms with Crippen LogP contribution in [0, 0.1) is 0 Å². The number of rotatable bonds is 6. The molecular weight excluding hydrogens is 446 g/mol. The third-order valence-corrected chi connectivity index (χ3v) is 6.40. The van der Waals surface area contributed by atoms with Crippen molar-refractivity contribution in [1.29, 1.82) is 0 Å². The Morgan fingerprint density at radius 3 is 1.92 bits per heavy atom. The Bertz CT molecular complexity index is 1240. The van der Waals surface area contributed by atoms with Gasteiger partial charge in [-0.15, -0.1) is 0 Å². The molecular formula is C32H39NO3. The van der Waals surface area contributed by atoms with Gasteiger partial charge in [-0.3, -0.25) is 0 Å². The number of aromatic carboxylic acids is 1. The zero-order valence-corrected chi connectivity index (χ0v) is 22.8. The lowest BCUT2D eigenvalue weighted by molar-refractivity contribution is 0.0697. The van der Waals surface area contributed by atoms with E-state index in [9.17, 15) is 9.90 Å². The van der Waals surface area contributed by atoms with E-state index in [1.807, 2.05) is 20.2 Å². The molecule has 1 atom stereocenters. The monoisotopic (exact) mass is 485 g/mol. The van der Waals surface area contributed by atoms with Gasteiger partial charge in [-0.25, -0.2) is 4.79 Å². The fourth-order valence-electron chi connectivity index (χ4n) is 4.39. The first-order chi connectivity index (χ1) is 16.7. The number of hydrogen-bond acceptors (Lipinski definition) is 3. The van der Waals surface area contributed by atoms with Gasteiger partial charge in [0.2, 0.25) is 0 Å². The molecule has 0 fully saturated rings. The van der Waals surface area contributed by atoms with E-state index >= 15 is 0 Å². The van der Waals surface area contributed by atoms with E-state index in [4.69, 9.17) is 5.11 Å². The van der Waals surface area contributed by atoms with Gasteiger partial charge in [0, 0.05) is 19.8 Å². The SMILES string of the molecule is CN(C)c1cc(C(O)C=Cc2ccc(C(=O)O)cc2)cc(-c2ccc(C(C)(C)C)cc2)c1C(C)(C)C. The fourth-order valence-corrected chi connectivity index (χ4v) is 4.39. The average molecular weight is 486 g/mol. The molecule has 0 aliphatic carbocycles. The number of hydrogen-bond donors (Lipinski definition) is 2. The molecule has 2 N–H and O–H groups in total. The molecule has 0 saturated carbocycles. The van der Waals surface area contributed by atoms with Crippen LogP contribution in [0.4, 0.5) is 5.69 Å². The van der Waals surface area contributed by atoms with Gasteiger partial charge in [0.1, 0.15) is 0 Å². The van der Waals surface area contributed by atoms with E-state index in [1.165, 1.54) is 11.1 Å². The molecule has 0 amide bonds. The number of nitrogens with zero attached hydrogens (tertiary/aromatic N) is 1. The van der Waals surface area contributed by atoms with Gasteiger partial charge in [0.15, 0.2) is 0 Å². The lowest BCUT2D eigenvalue weighted by Gasteiger charge is -2.31. The topological polar surface area (TPSA) is 60.8 Å². The van der Waals surface area contributed by atoms with Crippen molar-refractivity contribution in [2.45, 2.75) is 58.5 Å². The zero-order chi connectivity index (χ0) is 26.8. The average Bonchev–Trinajstić information content (AvgIpc) is 2.80. The summed E-state index contributed by atoms with van der Waals surface area (Å²) in [5.41, 5.74) is 7.67. The molecule has 4 nitrogen and oxygen atoms in total. The third kappa shape index (κ3) is 6.24. The largest absolute Gasteiger partial charge is 0.478 e. The van der Waals surface area contributed by atoms with Gasteiger partial charge < -0.3 is 15.1 Å². The van der Waals surface area contributed by atoms with E-state index in [0.717, 1.165) is 27.9 Å². The maximum Gasteiger partial charge on any atom is 0.335 e. The summed E-state index contributed by atoms with van der Waals surface area (Å²) in [5, 5.41) is 20.3. The summed E-state index contributed by atoms with van der Waals surface area (Å²) in [6.45, 7) is 13.3. The summed E-state index contributed by atoms with van der Waals surface area (Å²) in [4.78, 5) is 13.2. The maximum atomic E-state index is 11.1. The molecule has 0 aliphatic rings. The molecule has 0 spiro atoms. The van der Waals surface area contributed by atoms with Crippen molar-refractivity contribution in [3.8, 4) is 11.1 Å². The number of carbonyl (C=O) groups is 1. The Kier molecular flexibility index (Phi) is 7.80. The second-order valence-corrected chi connectivity index (χ2v) is 11.7. The van der Waals surface area contributed by atoms with Crippen molar-refractivity contribution in [3.63, 3.8) is 0 Å². The van der Waals surface area contributed by atoms with Crippen LogP contribution in [0.1, 0.15) is 80.3 Å². The quantitative estimate of drug-likeness (QED) is 0.380. The van der Waals surface area contributed by atoms with Gasteiger partial charge in [-0.05, 0) is 68.5 Å². The van der Waals surface area contributed by atoms with Gasteiger partial charge in [0.05, 0.1) is 11.7 Å². The van der Waals surface area contributed by atoms with Gasteiger partial charge in [-0.1, -0.05) is 90.1 Å². The molecule has 36 heavy (non-hydrogen) atoms. The highest BCUT2D eigenvalue weighted by molar-refractivity contribution is 5.87. The number of aliphatic hydroxyl groups is 1. The summed E-state index contributed by atoms with van der Waals surface area (Å²) in [6.07, 6.45) is 2.75. The second kappa shape index (κ2) is 10.3. The van der Waals surface area contributed by atoms with Gasteiger partial charge in [-0.2, -0.15) is 0 Å². The van der Waals surface area contributed by atoms with Crippen molar-refractivity contribution in [2.24, 2.45) is 0 Å². The maximum absolute atomic E-state index is 11.1. The van der Waals surface area contributed by atoms with Crippen LogP contribution in [0.5, 0.6) is 0 Å². The Balaban J connectivity index is 2.09. The molecule has 3 aromatic carbocycles. The summed E-state index contributed by atoms with van der Waals surface area (Å²) >= 11 is 0. The second-order valence-electron chi connectivity index (χ2n) is 11.7. The van der Waals surface area contributed by atoms with Crippen LogP contribution in [0.25, 0.3) is 17.2 Å². The summed E-state index contributed by atoms with van der Waals surface area (Å²) in [5.74, 6) is -0.955. The number of anilines is 1. The van der Waals surface area contributed by atoms with E-state index < -0.39 is 12.1 Å². The molecule has 0 bridgehead atoms. The number of aliphatic hydroxyl groups excluding tert-OH is 1. The Hall–Kier alpha value is -3.37. The van der Waals surface area contributed by atoms with Crippen molar-refractivity contribution in [2.75, 3.05) is 19.0 Å². The molecule has 0 aliphatic heterocycles. The van der Waals surface area contributed by atoms with Gasteiger partial charge in [0.25, 0.3) is 0 Å². The van der Waals surface area contributed by atoms with Crippen LogP contribution in [-0.2, 0) is 10.8 Å². The van der Waals surface area contributed by atoms with Crippen LogP contribution >= 0.6 is 0 Å². The standard InChI is InChI=1S/C32H39NO3/c1-31(2,3)25-16-14-22(15-17-25)26-19-24(20-27(33(7)8)29(26)32(4,5)6)28(34)18-11-21-9-12-23(13-10-21)30(35)36/h9-20,28,34H,1-8H3,(H,35,36). The molecule has 0 heterocycles. The summed E-state index contributed by atoms with van der Waals surface area (Å²) < 4.78 is 0. The highest BCUT2D eigenvalue weighted by atomic mass is 16.4. The van der Waals surface area contributed by atoms with E-state index in [-0.39, 0.29) is 16.4 Å². The lowest BCUT2D eigenvalue weighted by Crippen LogP contribution is -2.21. The first-order valence-corrected chi connectivity index (χ1v) is 12.3.